The van der Waals surface area contributed by atoms with E-state index in [9.17, 15) is 14.7 Å². The van der Waals surface area contributed by atoms with Crippen LogP contribution in [0.4, 0.5) is 5.69 Å². The molecule has 3 rings (SSSR count). The van der Waals surface area contributed by atoms with Gasteiger partial charge >= 0.3 is 0 Å². The molecule has 0 bridgehead atoms. The van der Waals surface area contributed by atoms with E-state index in [4.69, 9.17) is 0 Å². The van der Waals surface area contributed by atoms with E-state index in [-0.39, 0.29) is 17.9 Å². The molecular formula is C20H27N3O3. The molecule has 1 fully saturated rings. The van der Waals surface area contributed by atoms with Crippen molar-refractivity contribution in [1.82, 2.24) is 10.0 Å². The number of amides is 2. The van der Waals surface area contributed by atoms with Crippen LogP contribution < -0.4 is 4.90 Å². The summed E-state index contributed by atoms with van der Waals surface area (Å²) in [5.74, 6) is -0.661. The minimum Gasteiger partial charge on any atom is -0.391 e. The van der Waals surface area contributed by atoms with Crippen LogP contribution in [-0.2, 0) is 9.59 Å². The van der Waals surface area contributed by atoms with Gasteiger partial charge in [-0.1, -0.05) is 44.2 Å². The monoisotopic (exact) mass is 357 g/mol. The lowest BCUT2D eigenvalue weighted by atomic mass is 9.90. The Balaban J connectivity index is 1.96. The maximum absolute atomic E-state index is 13.2. The number of nitrogens with zero attached hydrogens (tertiary/aromatic N) is 3. The van der Waals surface area contributed by atoms with E-state index in [1.54, 1.807) is 18.2 Å². The molecule has 0 unspecified atom stereocenters. The summed E-state index contributed by atoms with van der Waals surface area (Å²) in [5, 5.41) is 14.4. The Morgan fingerprint density at radius 2 is 1.73 bits per heavy atom. The zero-order valence-electron chi connectivity index (χ0n) is 15.7. The first kappa shape index (κ1) is 18.8. The second-order valence-electron chi connectivity index (χ2n) is 7.62. The Bertz CT molecular complexity index is 702. The zero-order chi connectivity index (χ0) is 19.0. The van der Waals surface area contributed by atoms with Crippen LogP contribution in [0.2, 0.25) is 0 Å². The predicted molar refractivity (Wildman–Crippen MR) is 100 cm³/mol. The van der Waals surface area contributed by atoms with Crippen LogP contribution in [0.1, 0.15) is 20.3 Å². The van der Waals surface area contributed by atoms with E-state index in [1.165, 1.54) is 4.90 Å². The summed E-state index contributed by atoms with van der Waals surface area (Å²) in [4.78, 5) is 27.4. The fourth-order valence-corrected chi connectivity index (χ4v) is 3.93. The van der Waals surface area contributed by atoms with Gasteiger partial charge in [-0.15, -0.1) is 0 Å². The Morgan fingerprint density at radius 1 is 1.08 bits per heavy atom. The summed E-state index contributed by atoms with van der Waals surface area (Å²) in [6.07, 6.45) is 3.68. The van der Waals surface area contributed by atoms with E-state index in [1.807, 2.05) is 48.4 Å². The van der Waals surface area contributed by atoms with Crippen molar-refractivity contribution in [3.63, 3.8) is 0 Å². The Kier molecular flexibility index (Phi) is 5.27. The van der Waals surface area contributed by atoms with E-state index >= 15 is 0 Å². The third-order valence-corrected chi connectivity index (χ3v) is 5.01. The van der Waals surface area contributed by atoms with Gasteiger partial charge in [0, 0.05) is 14.1 Å². The van der Waals surface area contributed by atoms with Gasteiger partial charge in [-0.3, -0.25) is 9.59 Å². The number of carbonyl (C=O) groups excluding carboxylic acids is 2. The molecule has 2 amide bonds. The Morgan fingerprint density at radius 3 is 2.31 bits per heavy atom. The standard InChI is InChI=1S/C20H27N3O3/c1-13(2)12-17(24)16-11-10-15-18(23(16)21(3)4)20(26)22(19(15)25)14-8-6-5-7-9-14/h5-11,13,15-18,24H,12H2,1-4H3/t15-,16-,17-,18+/m1/s1. The lowest BCUT2D eigenvalue weighted by Crippen LogP contribution is -2.60. The van der Waals surface area contributed by atoms with Crippen LogP contribution in [0.5, 0.6) is 0 Å². The van der Waals surface area contributed by atoms with Crippen molar-refractivity contribution in [2.75, 3.05) is 19.0 Å². The van der Waals surface area contributed by atoms with Gasteiger partial charge in [0.25, 0.3) is 5.91 Å². The summed E-state index contributed by atoms with van der Waals surface area (Å²) in [6, 6.07) is 8.05. The van der Waals surface area contributed by atoms with Crippen molar-refractivity contribution in [3.8, 4) is 0 Å². The third kappa shape index (κ3) is 3.20. The first-order valence-corrected chi connectivity index (χ1v) is 9.07. The predicted octanol–water partition coefficient (Wildman–Crippen LogP) is 1.67. The molecule has 2 heterocycles. The Labute approximate surface area is 154 Å². The smallest absolute Gasteiger partial charge is 0.253 e. The summed E-state index contributed by atoms with van der Waals surface area (Å²) in [7, 11) is 3.68. The maximum Gasteiger partial charge on any atom is 0.253 e. The van der Waals surface area contributed by atoms with Crippen LogP contribution in [0.25, 0.3) is 0 Å². The number of hydrazine groups is 1. The second-order valence-corrected chi connectivity index (χ2v) is 7.62. The van der Waals surface area contributed by atoms with Crippen LogP contribution >= 0.6 is 0 Å². The summed E-state index contributed by atoms with van der Waals surface area (Å²) in [5.41, 5.74) is 0.586. The molecule has 0 spiro atoms. The minimum absolute atomic E-state index is 0.217. The number of imide groups is 1. The highest BCUT2D eigenvalue weighted by Crippen LogP contribution is 2.36. The molecule has 0 aromatic heterocycles. The van der Waals surface area contributed by atoms with E-state index in [0.29, 0.717) is 18.0 Å². The highest BCUT2D eigenvalue weighted by Gasteiger charge is 2.54. The molecule has 1 saturated heterocycles. The molecule has 2 aliphatic rings. The average molecular weight is 357 g/mol. The second kappa shape index (κ2) is 7.31. The summed E-state index contributed by atoms with van der Waals surface area (Å²) >= 11 is 0. The van der Waals surface area contributed by atoms with Crippen molar-refractivity contribution in [3.05, 3.63) is 42.5 Å². The highest BCUT2D eigenvalue weighted by atomic mass is 16.3. The van der Waals surface area contributed by atoms with Crippen LogP contribution in [0.15, 0.2) is 42.5 Å². The number of fused-ring (bicyclic) bond motifs is 1. The van der Waals surface area contributed by atoms with Crippen LogP contribution in [0, 0.1) is 11.8 Å². The molecule has 140 valence electrons. The molecule has 26 heavy (non-hydrogen) atoms. The van der Waals surface area contributed by atoms with Gasteiger partial charge in [-0.2, -0.15) is 0 Å². The number of hydrogen-bond donors (Lipinski definition) is 1. The number of benzene rings is 1. The van der Waals surface area contributed by atoms with Crippen molar-refractivity contribution in [2.24, 2.45) is 11.8 Å². The third-order valence-electron chi connectivity index (χ3n) is 5.01. The normalized spacial score (nSPS) is 27.5. The van der Waals surface area contributed by atoms with Crippen molar-refractivity contribution >= 4 is 17.5 Å². The number of carbonyl (C=O) groups is 2. The van der Waals surface area contributed by atoms with Gasteiger partial charge in [-0.05, 0) is 24.5 Å². The van der Waals surface area contributed by atoms with E-state index < -0.39 is 18.1 Å². The fraction of sp³-hybridized carbons (Fsp3) is 0.500. The molecule has 1 aromatic carbocycles. The first-order valence-electron chi connectivity index (χ1n) is 9.07. The summed E-state index contributed by atoms with van der Waals surface area (Å²) in [6.45, 7) is 4.11. The molecule has 6 nitrogen and oxygen atoms in total. The van der Waals surface area contributed by atoms with Gasteiger partial charge in [0.2, 0.25) is 5.91 Å². The Hall–Kier alpha value is -2.02. The van der Waals surface area contributed by atoms with Gasteiger partial charge < -0.3 is 5.11 Å². The first-order chi connectivity index (χ1) is 12.3. The molecule has 0 saturated carbocycles. The molecule has 6 heteroatoms. The van der Waals surface area contributed by atoms with Crippen LogP contribution in [0.3, 0.4) is 0 Å². The molecule has 4 atom stereocenters. The maximum atomic E-state index is 13.2. The number of aliphatic hydroxyl groups is 1. The largest absolute Gasteiger partial charge is 0.391 e. The minimum atomic E-state index is -0.630. The fourth-order valence-electron chi connectivity index (χ4n) is 3.93. The van der Waals surface area contributed by atoms with Gasteiger partial charge in [-0.25, -0.2) is 14.9 Å². The SMILES string of the molecule is CC(C)C[C@@H](O)[C@H]1C=C[C@H]2C(=O)N(c3ccccc3)C(=O)[C@H]2N1N(C)C. The number of aliphatic hydroxyl groups excluding tert-OH is 1. The molecule has 0 aliphatic carbocycles. The number of para-hydroxylation sites is 1. The summed E-state index contributed by atoms with van der Waals surface area (Å²) < 4.78 is 0. The number of hydrogen-bond acceptors (Lipinski definition) is 5. The van der Waals surface area contributed by atoms with Gasteiger partial charge in [0.1, 0.15) is 6.04 Å². The lowest BCUT2D eigenvalue weighted by molar-refractivity contribution is -0.139. The van der Waals surface area contributed by atoms with Gasteiger partial charge in [0.15, 0.2) is 0 Å². The average Bonchev–Trinajstić information content (AvgIpc) is 2.85. The molecule has 2 aliphatic heterocycles. The van der Waals surface area contributed by atoms with Crippen LogP contribution in [-0.4, -0.2) is 59.2 Å². The van der Waals surface area contributed by atoms with Crippen molar-refractivity contribution in [2.45, 2.75) is 38.5 Å². The molecular weight excluding hydrogens is 330 g/mol. The van der Waals surface area contributed by atoms with Gasteiger partial charge in [0.05, 0.1) is 23.8 Å². The molecule has 1 N–H and O–H groups in total. The molecule has 0 radical (unpaired) electrons. The van der Waals surface area contributed by atoms with Crippen molar-refractivity contribution < 1.29 is 14.7 Å². The molecule has 1 aromatic rings. The quantitative estimate of drug-likeness (QED) is 0.641. The lowest BCUT2D eigenvalue weighted by Gasteiger charge is -2.44. The van der Waals surface area contributed by atoms with E-state index in [2.05, 4.69) is 13.8 Å². The van der Waals surface area contributed by atoms with E-state index in [0.717, 1.165) is 0 Å². The zero-order valence-corrected chi connectivity index (χ0v) is 15.7. The number of rotatable bonds is 5. The highest BCUT2D eigenvalue weighted by molar-refractivity contribution is 6.24. The van der Waals surface area contributed by atoms with Crippen molar-refractivity contribution in [1.29, 1.82) is 0 Å². The topological polar surface area (TPSA) is 64.1 Å². The number of anilines is 1.